The summed E-state index contributed by atoms with van der Waals surface area (Å²) in [6, 6.07) is 10.7. The molecule has 5 rings (SSSR count). The summed E-state index contributed by atoms with van der Waals surface area (Å²) in [5, 5.41) is 3.39. The lowest BCUT2D eigenvalue weighted by atomic mass is 10.1. The maximum Gasteiger partial charge on any atom is 0.251 e. The van der Waals surface area contributed by atoms with E-state index in [9.17, 15) is 26.4 Å². The van der Waals surface area contributed by atoms with Gasteiger partial charge in [-0.05, 0) is 42.5 Å². The molecule has 1 N–H and O–H groups in total. The molecule has 0 saturated carbocycles. The smallest absolute Gasteiger partial charge is 0.251 e. The number of pyridine rings is 3. The van der Waals surface area contributed by atoms with Crippen molar-refractivity contribution in [1.82, 2.24) is 20.3 Å². The van der Waals surface area contributed by atoms with Crippen molar-refractivity contribution >= 4 is 42.6 Å². The summed E-state index contributed by atoms with van der Waals surface area (Å²) < 4.78 is 76.7. The molecule has 0 spiro atoms. The van der Waals surface area contributed by atoms with E-state index in [4.69, 9.17) is 9.47 Å². The minimum atomic E-state index is -4.34. The molecule has 214 valence electrons. The Bertz CT molecular complexity index is 1760. The number of nitrogens with zero attached hydrogens (tertiary/aromatic N) is 3. The summed E-state index contributed by atoms with van der Waals surface area (Å²) in [7, 11) is -2.97. The van der Waals surface area contributed by atoms with Crippen LogP contribution in [0.2, 0.25) is 0 Å². The predicted molar refractivity (Wildman–Crippen MR) is 146 cm³/mol. The Kier molecular flexibility index (Phi) is 8.25. The predicted octanol–water partition coefficient (Wildman–Crippen LogP) is 4.97. The summed E-state index contributed by atoms with van der Waals surface area (Å²) in [6.45, 7) is -1.93. The lowest BCUT2D eigenvalue weighted by Gasteiger charge is -2.12. The van der Waals surface area contributed by atoms with Crippen LogP contribution in [0.4, 0.5) is 13.2 Å². The fourth-order valence-corrected chi connectivity index (χ4v) is 6.31. The first-order valence-corrected chi connectivity index (χ1v) is 14.5. The van der Waals surface area contributed by atoms with Crippen LogP contribution in [-0.4, -0.2) is 55.2 Å². The van der Waals surface area contributed by atoms with Crippen LogP contribution in [-0.2, 0) is 27.7 Å². The van der Waals surface area contributed by atoms with Gasteiger partial charge >= 0.3 is 0 Å². The summed E-state index contributed by atoms with van der Waals surface area (Å²) in [4.78, 5) is 25.7. The number of amides is 1. The van der Waals surface area contributed by atoms with Gasteiger partial charge in [0.05, 0.1) is 59.9 Å². The fraction of sp³-hybridized carbons (Fsp3) is 0.259. The number of fused-ring (bicyclic) bond motifs is 2. The second-order valence-corrected chi connectivity index (χ2v) is 12.0. The van der Waals surface area contributed by atoms with Crippen molar-refractivity contribution < 1.29 is 35.9 Å². The highest BCUT2D eigenvalue weighted by molar-refractivity contribution is 9.10. The van der Waals surface area contributed by atoms with E-state index in [1.165, 1.54) is 19.2 Å². The maximum atomic E-state index is 14.2. The highest BCUT2D eigenvalue weighted by Gasteiger charge is 2.34. The van der Waals surface area contributed by atoms with Crippen molar-refractivity contribution in [3.8, 4) is 17.1 Å². The standard InChI is InChI=1S/C27H22BrF3N4O5S/c1-39-27-17(3-5-22(35-27)20(30)9-29)21-4-2-14-10-32-16(8-23(14)34-21)11-33-26(36)15-6-19(28)18-12-40-13-25(31)41(37,38)24(18)7-15/h2-8,10,20,25H,9,11-13H2,1H3,(H,33,36)/t20-,25+/m0/s1. The van der Waals surface area contributed by atoms with Gasteiger partial charge in [-0.3, -0.25) is 9.78 Å². The maximum absolute atomic E-state index is 14.2. The molecule has 4 aromatic rings. The molecular weight excluding hydrogens is 629 g/mol. The van der Waals surface area contributed by atoms with Crippen LogP contribution >= 0.6 is 15.9 Å². The molecule has 14 heteroatoms. The molecule has 0 bridgehead atoms. The van der Waals surface area contributed by atoms with Gasteiger partial charge in [-0.15, -0.1) is 0 Å². The molecule has 2 atom stereocenters. The number of methoxy groups -OCH3 is 1. The Hall–Kier alpha value is -3.62. The van der Waals surface area contributed by atoms with E-state index in [0.29, 0.717) is 32.3 Å². The first-order chi connectivity index (χ1) is 19.6. The van der Waals surface area contributed by atoms with Crippen molar-refractivity contribution in [2.75, 3.05) is 20.4 Å². The van der Waals surface area contributed by atoms with Gasteiger partial charge in [0.25, 0.3) is 5.91 Å². The van der Waals surface area contributed by atoms with Crippen molar-refractivity contribution in [3.63, 3.8) is 0 Å². The summed E-state index contributed by atoms with van der Waals surface area (Å²) in [5.74, 6) is -0.505. The number of ether oxygens (including phenoxy) is 2. The highest BCUT2D eigenvalue weighted by atomic mass is 79.9. The zero-order valence-corrected chi connectivity index (χ0v) is 23.8. The Morgan fingerprint density at radius 3 is 2.78 bits per heavy atom. The quantitative estimate of drug-likeness (QED) is 0.298. The molecule has 0 aliphatic carbocycles. The fourth-order valence-electron chi connectivity index (χ4n) is 4.25. The van der Waals surface area contributed by atoms with Gasteiger partial charge < -0.3 is 14.8 Å². The average Bonchev–Trinajstić information content (AvgIpc) is 3.09. The Balaban J connectivity index is 1.38. The van der Waals surface area contributed by atoms with E-state index in [1.54, 1.807) is 30.5 Å². The summed E-state index contributed by atoms with van der Waals surface area (Å²) in [5.41, 5.74) is -0.137. The summed E-state index contributed by atoms with van der Waals surface area (Å²) >= 11 is 3.27. The van der Waals surface area contributed by atoms with Crippen LogP contribution in [0.3, 0.4) is 0 Å². The van der Waals surface area contributed by atoms with E-state index in [0.717, 1.165) is 6.07 Å². The number of hydrogen-bond donors (Lipinski definition) is 1. The molecule has 3 aromatic heterocycles. The molecular formula is C27H22BrF3N4O5S. The van der Waals surface area contributed by atoms with E-state index in [1.807, 2.05) is 0 Å². The van der Waals surface area contributed by atoms with Gasteiger partial charge in [-0.1, -0.05) is 15.9 Å². The Labute approximate surface area is 241 Å². The van der Waals surface area contributed by atoms with Crippen LogP contribution in [0.5, 0.6) is 5.88 Å². The van der Waals surface area contributed by atoms with E-state index < -0.39 is 40.7 Å². The first kappa shape index (κ1) is 28.9. The van der Waals surface area contributed by atoms with Crippen molar-refractivity contribution in [3.05, 3.63) is 75.6 Å². The number of nitrogens with one attached hydrogen (secondary N) is 1. The zero-order chi connectivity index (χ0) is 29.3. The topological polar surface area (TPSA) is 120 Å². The molecule has 0 radical (unpaired) electrons. The van der Waals surface area contributed by atoms with Gasteiger partial charge in [0.1, 0.15) is 6.67 Å². The van der Waals surface area contributed by atoms with E-state index in [2.05, 4.69) is 36.2 Å². The number of rotatable bonds is 7. The number of benzene rings is 1. The lowest BCUT2D eigenvalue weighted by molar-refractivity contribution is 0.0946. The number of carbonyl (C=O) groups is 1. The molecule has 1 amide bonds. The SMILES string of the molecule is COc1nc([C@@H](F)CF)ccc1-c1ccc2cnc(CNC(=O)c3cc(Br)c4c(c3)S(=O)(=O)[C@@H](F)COC4)cc2n1. The number of sulfone groups is 1. The number of carbonyl (C=O) groups excluding carboxylic acids is 1. The van der Waals surface area contributed by atoms with Crippen molar-refractivity contribution in [2.24, 2.45) is 0 Å². The minimum Gasteiger partial charge on any atom is -0.480 e. The van der Waals surface area contributed by atoms with E-state index in [-0.39, 0.29) is 40.7 Å². The molecule has 9 nitrogen and oxygen atoms in total. The molecule has 1 aliphatic rings. The molecule has 1 aromatic carbocycles. The van der Waals surface area contributed by atoms with Crippen LogP contribution in [0.25, 0.3) is 22.2 Å². The van der Waals surface area contributed by atoms with Gasteiger partial charge in [0, 0.05) is 27.2 Å². The van der Waals surface area contributed by atoms with Crippen LogP contribution < -0.4 is 10.1 Å². The monoisotopic (exact) mass is 650 g/mol. The third-order valence-electron chi connectivity index (χ3n) is 6.42. The lowest BCUT2D eigenvalue weighted by Crippen LogP contribution is -2.24. The van der Waals surface area contributed by atoms with E-state index >= 15 is 0 Å². The van der Waals surface area contributed by atoms with Crippen LogP contribution in [0, 0.1) is 0 Å². The highest BCUT2D eigenvalue weighted by Crippen LogP contribution is 2.33. The van der Waals surface area contributed by atoms with Crippen molar-refractivity contribution in [2.45, 2.75) is 29.7 Å². The Morgan fingerprint density at radius 1 is 1.22 bits per heavy atom. The number of halogens is 4. The second kappa shape index (κ2) is 11.7. The summed E-state index contributed by atoms with van der Waals surface area (Å²) in [6.07, 6.45) is -0.286. The molecule has 4 heterocycles. The zero-order valence-electron chi connectivity index (χ0n) is 21.4. The molecule has 41 heavy (non-hydrogen) atoms. The first-order valence-electron chi connectivity index (χ1n) is 12.2. The molecule has 1 aliphatic heterocycles. The largest absolute Gasteiger partial charge is 0.480 e. The van der Waals surface area contributed by atoms with Gasteiger partial charge in [0.15, 0.2) is 6.17 Å². The molecule has 0 saturated heterocycles. The third kappa shape index (κ3) is 5.76. The molecule has 0 unspecified atom stereocenters. The average molecular weight is 651 g/mol. The third-order valence-corrected chi connectivity index (χ3v) is 8.92. The number of alkyl halides is 3. The van der Waals surface area contributed by atoms with Crippen LogP contribution in [0.1, 0.15) is 33.5 Å². The number of aromatic nitrogens is 3. The van der Waals surface area contributed by atoms with Gasteiger partial charge in [-0.25, -0.2) is 31.6 Å². The van der Waals surface area contributed by atoms with Crippen LogP contribution in [0.15, 0.2) is 58.0 Å². The van der Waals surface area contributed by atoms with Crippen molar-refractivity contribution in [1.29, 1.82) is 0 Å². The van der Waals surface area contributed by atoms with Gasteiger partial charge in [-0.2, -0.15) is 0 Å². The normalized spacial score (nSPS) is 17.0. The molecule has 0 fully saturated rings. The minimum absolute atomic E-state index is 0.0146. The Morgan fingerprint density at radius 2 is 2.02 bits per heavy atom. The van der Waals surface area contributed by atoms with Gasteiger partial charge in [0.2, 0.25) is 21.2 Å². The number of hydrogen-bond acceptors (Lipinski definition) is 8. The second-order valence-electron chi connectivity index (χ2n) is 9.07.